The second kappa shape index (κ2) is 11.9. The first kappa shape index (κ1) is 22.4. The van der Waals surface area contributed by atoms with Crippen molar-refractivity contribution in [1.82, 2.24) is 0 Å². The highest BCUT2D eigenvalue weighted by atomic mass is 16.5. The zero-order valence-electron chi connectivity index (χ0n) is 16.2. The molecule has 0 spiro atoms. The third-order valence-corrected chi connectivity index (χ3v) is 4.40. The fourth-order valence-electron chi connectivity index (χ4n) is 2.85. The summed E-state index contributed by atoms with van der Waals surface area (Å²) in [5.74, 6) is 0. The van der Waals surface area contributed by atoms with Gasteiger partial charge in [0.2, 0.25) is 0 Å². The topological polar surface area (TPSA) is 46.5 Å². The van der Waals surface area contributed by atoms with E-state index in [2.05, 4.69) is 34.6 Å². The number of aliphatic hydroxyl groups excluding tert-OH is 1. The fourth-order valence-corrected chi connectivity index (χ4v) is 2.85. The highest BCUT2D eigenvalue weighted by Gasteiger charge is 2.18. The van der Waals surface area contributed by atoms with E-state index in [1.807, 2.05) is 0 Å². The molecule has 0 heterocycles. The summed E-state index contributed by atoms with van der Waals surface area (Å²) in [6.45, 7) is 12.1. The van der Waals surface area contributed by atoms with Crippen molar-refractivity contribution in [2.45, 2.75) is 105 Å². The van der Waals surface area contributed by atoms with Gasteiger partial charge in [0.25, 0.3) is 6.47 Å². The van der Waals surface area contributed by atoms with Crippen LogP contribution in [0.25, 0.3) is 0 Å². The first-order chi connectivity index (χ1) is 10.7. The zero-order valence-corrected chi connectivity index (χ0v) is 16.2. The third kappa shape index (κ3) is 16.1. The minimum atomic E-state index is -0.129. The molecule has 0 aliphatic heterocycles. The van der Waals surface area contributed by atoms with E-state index < -0.39 is 0 Å². The number of carbonyl (C=O) groups is 1. The van der Waals surface area contributed by atoms with Gasteiger partial charge in [-0.2, -0.15) is 0 Å². The molecule has 3 heteroatoms. The number of hydrogen-bond donors (Lipinski definition) is 1. The zero-order chi connectivity index (χ0) is 17.8. The molecule has 0 amide bonds. The van der Waals surface area contributed by atoms with Crippen molar-refractivity contribution in [2.24, 2.45) is 10.8 Å². The summed E-state index contributed by atoms with van der Waals surface area (Å²) in [4.78, 5) is 10.2. The van der Waals surface area contributed by atoms with Crippen LogP contribution in [-0.2, 0) is 9.53 Å². The first-order valence-corrected chi connectivity index (χ1v) is 9.40. The van der Waals surface area contributed by atoms with Crippen LogP contribution in [0.5, 0.6) is 0 Å². The molecule has 0 aromatic rings. The molecule has 0 aliphatic carbocycles. The van der Waals surface area contributed by atoms with Crippen LogP contribution >= 0.6 is 0 Å². The van der Waals surface area contributed by atoms with Gasteiger partial charge >= 0.3 is 0 Å². The van der Waals surface area contributed by atoms with E-state index in [0.717, 1.165) is 44.9 Å². The largest absolute Gasteiger partial charge is 0.467 e. The van der Waals surface area contributed by atoms with Gasteiger partial charge in [-0.3, -0.25) is 4.79 Å². The van der Waals surface area contributed by atoms with Gasteiger partial charge < -0.3 is 9.84 Å². The van der Waals surface area contributed by atoms with Gasteiger partial charge in [-0.05, 0) is 36.5 Å². The Hall–Kier alpha value is -0.570. The van der Waals surface area contributed by atoms with E-state index in [1.165, 1.54) is 19.3 Å². The average Bonchev–Trinajstić information content (AvgIpc) is 2.43. The Balaban J connectivity index is 3.49. The van der Waals surface area contributed by atoms with Crippen molar-refractivity contribution in [1.29, 1.82) is 0 Å². The summed E-state index contributed by atoms with van der Waals surface area (Å²) in [5.41, 5.74) is 0.496. The fraction of sp³-hybridized carbons (Fsp3) is 0.950. The Kier molecular flexibility index (Phi) is 11.6. The molecule has 138 valence electrons. The lowest BCUT2D eigenvalue weighted by molar-refractivity contribution is -0.131. The second-order valence-electron chi connectivity index (χ2n) is 8.98. The van der Waals surface area contributed by atoms with Crippen LogP contribution < -0.4 is 0 Å². The molecule has 1 N–H and O–H groups in total. The van der Waals surface area contributed by atoms with E-state index in [9.17, 15) is 9.90 Å². The molecule has 0 radical (unpaired) electrons. The normalized spacial score (nSPS) is 13.8. The highest BCUT2D eigenvalue weighted by molar-refractivity contribution is 5.36. The van der Waals surface area contributed by atoms with Crippen LogP contribution in [0, 0.1) is 10.8 Å². The summed E-state index contributed by atoms with van der Waals surface area (Å²) in [5, 5.41) is 10.0. The maximum atomic E-state index is 10.2. The molecule has 0 aromatic carbocycles. The number of rotatable bonds is 14. The third-order valence-electron chi connectivity index (χ3n) is 4.40. The molecule has 3 nitrogen and oxygen atoms in total. The smallest absolute Gasteiger partial charge is 0.293 e. The molecule has 23 heavy (non-hydrogen) atoms. The van der Waals surface area contributed by atoms with Crippen LogP contribution in [0.15, 0.2) is 0 Å². The van der Waals surface area contributed by atoms with E-state index in [1.54, 1.807) is 0 Å². The van der Waals surface area contributed by atoms with E-state index in [0.29, 0.717) is 18.5 Å². The minimum absolute atomic E-state index is 0.0621. The Bertz CT molecular complexity index is 292. The van der Waals surface area contributed by atoms with Gasteiger partial charge in [-0.15, -0.1) is 0 Å². The van der Waals surface area contributed by atoms with Crippen LogP contribution in [0.1, 0.15) is 98.8 Å². The molecular weight excluding hydrogens is 288 g/mol. The van der Waals surface area contributed by atoms with Crippen molar-refractivity contribution >= 4 is 6.47 Å². The molecule has 1 unspecified atom stereocenters. The maximum absolute atomic E-state index is 10.2. The van der Waals surface area contributed by atoms with Crippen molar-refractivity contribution in [3.05, 3.63) is 0 Å². The van der Waals surface area contributed by atoms with Crippen molar-refractivity contribution in [3.8, 4) is 0 Å². The van der Waals surface area contributed by atoms with E-state index in [-0.39, 0.29) is 11.5 Å². The lowest BCUT2D eigenvalue weighted by Crippen LogP contribution is -2.18. The molecule has 0 rings (SSSR count). The molecule has 0 saturated heterocycles. The van der Waals surface area contributed by atoms with Crippen LogP contribution in [0.4, 0.5) is 0 Å². The summed E-state index contributed by atoms with van der Waals surface area (Å²) in [6, 6.07) is 0. The minimum Gasteiger partial charge on any atom is -0.467 e. The Morgan fingerprint density at radius 3 is 1.87 bits per heavy atom. The number of ether oxygens (including phenoxy) is 1. The summed E-state index contributed by atoms with van der Waals surface area (Å²) in [7, 11) is 0. The quantitative estimate of drug-likeness (QED) is 0.338. The summed E-state index contributed by atoms with van der Waals surface area (Å²) in [6.07, 6.45) is 11.1. The highest BCUT2D eigenvalue weighted by Crippen LogP contribution is 2.25. The Morgan fingerprint density at radius 2 is 1.39 bits per heavy atom. The monoisotopic (exact) mass is 328 g/mol. The Labute approximate surface area is 144 Å². The van der Waals surface area contributed by atoms with Gasteiger partial charge in [0.15, 0.2) is 0 Å². The molecular formula is C20H40O3. The SMILES string of the molecule is CC(C)(C)CCCCCC(O)CCCCCC(C)(C)COC=O. The van der Waals surface area contributed by atoms with Crippen molar-refractivity contribution in [3.63, 3.8) is 0 Å². The summed E-state index contributed by atoms with van der Waals surface area (Å²) < 4.78 is 4.86. The number of aliphatic hydroxyl groups is 1. The van der Waals surface area contributed by atoms with E-state index in [4.69, 9.17) is 4.74 Å². The predicted molar refractivity (Wildman–Crippen MR) is 97.4 cm³/mol. The van der Waals surface area contributed by atoms with Gasteiger partial charge in [0.05, 0.1) is 12.7 Å². The molecule has 0 aromatic heterocycles. The molecule has 0 saturated carbocycles. The summed E-state index contributed by atoms with van der Waals surface area (Å²) >= 11 is 0. The Morgan fingerprint density at radius 1 is 0.870 bits per heavy atom. The molecule has 0 bridgehead atoms. The first-order valence-electron chi connectivity index (χ1n) is 9.40. The van der Waals surface area contributed by atoms with Crippen LogP contribution in [0.3, 0.4) is 0 Å². The van der Waals surface area contributed by atoms with Gasteiger partial charge in [0.1, 0.15) is 0 Å². The molecule has 1 atom stereocenters. The lowest BCUT2D eigenvalue weighted by atomic mass is 9.87. The van der Waals surface area contributed by atoms with E-state index >= 15 is 0 Å². The van der Waals surface area contributed by atoms with Gasteiger partial charge in [-0.25, -0.2) is 0 Å². The standard InChI is InChI=1S/C20H40O3/c1-19(2,3)14-10-6-8-12-18(22)13-9-7-11-15-20(4,5)16-23-17-21/h17-18,22H,6-16H2,1-5H3. The second-order valence-corrected chi connectivity index (χ2v) is 8.98. The number of hydrogen-bond acceptors (Lipinski definition) is 3. The lowest BCUT2D eigenvalue weighted by Gasteiger charge is -2.22. The van der Waals surface area contributed by atoms with Crippen molar-refractivity contribution in [2.75, 3.05) is 6.61 Å². The van der Waals surface area contributed by atoms with Gasteiger partial charge in [-0.1, -0.05) is 73.1 Å². The van der Waals surface area contributed by atoms with Crippen LogP contribution in [0.2, 0.25) is 0 Å². The maximum Gasteiger partial charge on any atom is 0.293 e. The number of unbranched alkanes of at least 4 members (excludes halogenated alkanes) is 4. The van der Waals surface area contributed by atoms with Gasteiger partial charge in [0, 0.05) is 0 Å². The van der Waals surface area contributed by atoms with Crippen LogP contribution in [-0.4, -0.2) is 24.3 Å². The van der Waals surface area contributed by atoms with Crippen molar-refractivity contribution < 1.29 is 14.6 Å². The average molecular weight is 329 g/mol. The molecule has 0 aliphatic rings. The predicted octanol–water partition coefficient (Wildman–Crippen LogP) is 5.49. The number of carbonyl (C=O) groups excluding carboxylic acids is 1. The molecule has 0 fully saturated rings.